The molecule has 1 aromatic carbocycles. The van der Waals surface area contributed by atoms with Gasteiger partial charge in [-0.25, -0.2) is 4.68 Å². The van der Waals surface area contributed by atoms with Gasteiger partial charge in [-0.1, -0.05) is 35.5 Å². The predicted molar refractivity (Wildman–Crippen MR) is 68.3 cm³/mol. The summed E-state index contributed by atoms with van der Waals surface area (Å²) in [4.78, 5) is 0. The average molecular weight is 260 g/mol. The van der Waals surface area contributed by atoms with Crippen LogP contribution in [0.1, 0.15) is 17.3 Å². The maximum Gasteiger partial charge on any atom is 0.102 e. The Balaban J connectivity index is 1.73. The number of nitrogens with one attached hydrogen (secondary N) is 1. The normalized spacial score (nSPS) is 26.7. The zero-order chi connectivity index (χ0) is 13.2. The Kier molecular flexibility index (Phi) is 3.29. The van der Waals surface area contributed by atoms with Crippen LogP contribution in [0.2, 0.25) is 0 Å². The molecule has 6 heteroatoms. The number of rotatable bonds is 3. The minimum atomic E-state index is -0.832. The third-order valence-electron chi connectivity index (χ3n) is 3.35. The van der Waals surface area contributed by atoms with Gasteiger partial charge in [-0.05, 0) is 5.56 Å². The number of aliphatic hydroxyl groups is 2. The van der Waals surface area contributed by atoms with Crippen LogP contribution in [0.5, 0.6) is 0 Å². The maximum absolute atomic E-state index is 9.82. The van der Waals surface area contributed by atoms with Crippen molar-refractivity contribution in [3.05, 3.63) is 47.8 Å². The van der Waals surface area contributed by atoms with E-state index in [9.17, 15) is 10.2 Å². The molecule has 1 aliphatic rings. The quantitative estimate of drug-likeness (QED) is 0.705. The lowest BCUT2D eigenvalue weighted by molar-refractivity contribution is 0.0398. The minimum Gasteiger partial charge on any atom is -0.389 e. The second-order valence-corrected chi connectivity index (χ2v) is 4.77. The molecule has 0 radical (unpaired) electrons. The Bertz CT molecular complexity index is 543. The van der Waals surface area contributed by atoms with E-state index in [4.69, 9.17) is 0 Å². The molecule has 2 aromatic rings. The van der Waals surface area contributed by atoms with E-state index in [0.717, 1.165) is 5.56 Å². The second kappa shape index (κ2) is 5.08. The number of aromatic nitrogens is 3. The Morgan fingerprint density at radius 2 is 2.05 bits per heavy atom. The van der Waals surface area contributed by atoms with Crippen molar-refractivity contribution in [2.75, 3.05) is 6.54 Å². The zero-order valence-corrected chi connectivity index (χ0v) is 10.3. The first-order valence-electron chi connectivity index (χ1n) is 6.27. The second-order valence-electron chi connectivity index (χ2n) is 4.77. The van der Waals surface area contributed by atoms with E-state index in [1.54, 1.807) is 10.9 Å². The summed E-state index contributed by atoms with van der Waals surface area (Å²) in [5.74, 6) is 0. The van der Waals surface area contributed by atoms with Crippen molar-refractivity contribution in [2.45, 2.75) is 24.8 Å². The van der Waals surface area contributed by atoms with Gasteiger partial charge in [-0.3, -0.25) is 0 Å². The summed E-state index contributed by atoms with van der Waals surface area (Å²) >= 11 is 0. The number of nitrogens with zero attached hydrogens (tertiary/aromatic N) is 3. The van der Waals surface area contributed by atoms with Gasteiger partial charge in [0.05, 0.1) is 24.9 Å². The SMILES string of the molecule is O[C@@H]1[C@H](O)CN[C@H]1c1cn(Cc2ccccc2)nn1. The fourth-order valence-electron chi connectivity index (χ4n) is 2.29. The number of benzene rings is 1. The molecule has 0 spiro atoms. The number of aliphatic hydroxyl groups excluding tert-OH is 2. The van der Waals surface area contributed by atoms with E-state index in [2.05, 4.69) is 15.6 Å². The lowest BCUT2D eigenvalue weighted by Gasteiger charge is -2.12. The molecule has 0 unspecified atom stereocenters. The number of hydrogen-bond acceptors (Lipinski definition) is 5. The van der Waals surface area contributed by atoms with E-state index in [1.807, 2.05) is 30.3 Å². The molecule has 3 atom stereocenters. The van der Waals surface area contributed by atoms with Gasteiger partial charge in [-0.2, -0.15) is 0 Å². The summed E-state index contributed by atoms with van der Waals surface area (Å²) in [7, 11) is 0. The van der Waals surface area contributed by atoms with Gasteiger partial charge in [0, 0.05) is 6.54 Å². The summed E-state index contributed by atoms with van der Waals surface area (Å²) in [6.07, 6.45) is 0.220. The third kappa shape index (κ3) is 2.51. The monoisotopic (exact) mass is 260 g/mol. The number of β-amino-alcohol motifs (C(OH)–C–C–N with tert-alkyl or cyclic N) is 1. The van der Waals surface area contributed by atoms with Crippen LogP contribution in [0.15, 0.2) is 36.5 Å². The highest BCUT2D eigenvalue weighted by Crippen LogP contribution is 2.22. The number of hydrogen-bond donors (Lipinski definition) is 3. The standard InChI is InChI=1S/C13H16N4O2/c18-11-6-14-12(13(11)19)10-8-17(16-15-10)7-9-4-2-1-3-5-9/h1-5,8,11-14,18-19H,6-7H2/t11-,12+,13-/m1/s1. The van der Waals surface area contributed by atoms with Gasteiger partial charge >= 0.3 is 0 Å². The summed E-state index contributed by atoms with van der Waals surface area (Å²) in [5, 5.41) is 30.5. The molecule has 1 aromatic heterocycles. The van der Waals surface area contributed by atoms with Crippen molar-refractivity contribution in [1.29, 1.82) is 0 Å². The molecule has 3 rings (SSSR count). The molecule has 19 heavy (non-hydrogen) atoms. The summed E-state index contributed by atoms with van der Waals surface area (Å²) in [5.41, 5.74) is 1.79. The highest BCUT2D eigenvalue weighted by atomic mass is 16.3. The lowest BCUT2D eigenvalue weighted by Crippen LogP contribution is -2.26. The van der Waals surface area contributed by atoms with E-state index >= 15 is 0 Å². The smallest absolute Gasteiger partial charge is 0.102 e. The van der Waals surface area contributed by atoms with E-state index in [0.29, 0.717) is 18.8 Å². The van der Waals surface area contributed by atoms with Gasteiger partial charge in [0.15, 0.2) is 0 Å². The Morgan fingerprint density at radius 1 is 1.26 bits per heavy atom. The molecule has 1 fully saturated rings. The maximum atomic E-state index is 9.82. The Labute approximate surface area is 110 Å². The van der Waals surface area contributed by atoms with Crippen LogP contribution in [0.25, 0.3) is 0 Å². The Morgan fingerprint density at radius 3 is 2.74 bits per heavy atom. The highest BCUT2D eigenvalue weighted by molar-refractivity contribution is 5.15. The Hall–Kier alpha value is -1.76. The van der Waals surface area contributed by atoms with Crippen LogP contribution in [0.3, 0.4) is 0 Å². The van der Waals surface area contributed by atoms with Crippen LogP contribution in [0.4, 0.5) is 0 Å². The molecule has 6 nitrogen and oxygen atoms in total. The molecular weight excluding hydrogens is 244 g/mol. The van der Waals surface area contributed by atoms with E-state index < -0.39 is 12.2 Å². The first-order chi connectivity index (χ1) is 9.24. The van der Waals surface area contributed by atoms with Crippen LogP contribution in [-0.2, 0) is 6.54 Å². The fraction of sp³-hybridized carbons (Fsp3) is 0.385. The van der Waals surface area contributed by atoms with Crippen LogP contribution >= 0.6 is 0 Å². The van der Waals surface area contributed by atoms with Crippen molar-refractivity contribution in [2.24, 2.45) is 0 Å². The lowest BCUT2D eigenvalue weighted by atomic mass is 10.1. The average Bonchev–Trinajstić information content (AvgIpc) is 3.00. The first kappa shape index (κ1) is 12.3. The predicted octanol–water partition coefficient (Wildman–Crippen LogP) is -0.308. The van der Waals surface area contributed by atoms with Crippen LogP contribution in [-0.4, -0.2) is 44.0 Å². The molecule has 2 heterocycles. The molecule has 0 bridgehead atoms. The van der Waals surface area contributed by atoms with E-state index in [-0.39, 0.29) is 6.04 Å². The molecule has 1 aliphatic heterocycles. The van der Waals surface area contributed by atoms with Gasteiger partial charge in [-0.15, -0.1) is 5.10 Å². The summed E-state index contributed by atoms with van der Waals surface area (Å²) in [6, 6.07) is 9.62. The van der Waals surface area contributed by atoms with Crippen molar-refractivity contribution >= 4 is 0 Å². The van der Waals surface area contributed by atoms with E-state index in [1.165, 1.54) is 0 Å². The minimum absolute atomic E-state index is 0.348. The molecule has 1 saturated heterocycles. The van der Waals surface area contributed by atoms with Gasteiger partial charge in [0.1, 0.15) is 11.8 Å². The van der Waals surface area contributed by atoms with Crippen molar-refractivity contribution < 1.29 is 10.2 Å². The topological polar surface area (TPSA) is 83.2 Å². The van der Waals surface area contributed by atoms with Crippen LogP contribution < -0.4 is 5.32 Å². The molecule has 0 aliphatic carbocycles. The zero-order valence-electron chi connectivity index (χ0n) is 10.3. The molecule has 0 amide bonds. The fourth-order valence-corrected chi connectivity index (χ4v) is 2.29. The largest absolute Gasteiger partial charge is 0.389 e. The van der Waals surface area contributed by atoms with Gasteiger partial charge < -0.3 is 15.5 Å². The van der Waals surface area contributed by atoms with Gasteiger partial charge in [0.25, 0.3) is 0 Å². The summed E-state index contributed by atoms with van der Waals surface area (Å²) in [6.45, 7) is 1.01. The molecule has 100 valence electrons. The molecule has 3 N–H and O–H groups in total. The van der Waals surface area contributed by atoms with Crippen molar-refractivity contribution in [3.63, 3.8) is 0 Å². The summed E-state index contributed by atoms with van der Waals surface area (Å²) < 4.78 is 1.73. The molecular formula is C13H16N4O2. The van der Waals surface area contributed by atoms with Crippen molar-refractivity contribution in [3.8, 4) is 0 Å². The van der Waals surface area contributed by atoms with Crippen LogP contribution in [0, 0.1) is 0 Å². The highest BCUT2D eigenvalue weighted by Gasteiger charge is 2.35. The third-order valence-corrected chi connectivity index (χ3v) is 3.35. The first-order valence-corrected chi connectivity index (χ1v) is 6.27. The molecule has 0 saturated carbocycles. The van der Waals surface area contributed by atoms with Crippen molar-refractivity contribution in [1.82, 2.24) is 20.3 Å². The van der Waals surface area contributed by atoms with Gasteiger partial charge in [0.2, 0.25) is 0 Å².